The Morgan fingerprint density at radius 1 is 1.41 bits per heavy atom. The van der Waals surface area contributed by atoms with Gasteiger partial charge >= 0.3 is 0 Å². The minimum Gasteiger partial charge on any atom is -0.399 e. The molecular weight excluding hydrogens is 243 g/mol. The summed E-state index contributed by atoms with van der Waals surface area (Å²) in [6.45, 7) is 0. The van der Waals surface area contributed by atoms with Gasteiger partial charge in [-0.2, -0.15) is 0 Å². The molecule has 1 aliphatic rings. The number of benzene rings is 1. The monoisotopic (exact) mass is 258 g/mol. The van der Waals surface area contributed by atoms with Crippen molar-refractivity contribution in [2.45, 2.75) is 18.9 Å². The van der Waals surface area contributed by atoms with E-state index in [1.807, 2.05) is 0 Å². The van der Waals surface area contributed by atoms with Crippen molar-refractivity contribution in [2.24, 2.45) is 0 Å². The molecule has 1 atom stereocenters. The second-order valence-corrected chi connectivity index (χ2v) is 6.57. The molecule has 0 aromatic heterocycles. The second kappa shape index (κ2) is 4.52. The van der Waals surface area contributed by atoms with Gasteiger partial charge in [0.2, 0.25) is 0 Å². The summed E-state index contributed by atoms with van der Waals surface area (Å²) < 4.78 is 36.4. The third kappa shape index (κ3) is 3.09. The molecule has 1 fully saturated rings. The molecule has 17 heavy (non-hydrogen) atoms. The maximum Gasteiger partial charge on any atom is 0.152 e. The van der Waals surface area contributed by atoms with Gasteiger partial charge in [0.15, 0.2) is 9.84 Å². The summed E-state index contributed by atoms with van der Waals surface area (Å²) in [6, 6.07) is 4.13. The van der Waals surface area contributed by atoms with Gasteiger partial charge in [0.25, 0.3) is 0 Å². The molecule has 1 aromatic rings. The van der Waals surface area contributed by atoms with Gasteiger partial charge in [0, 0.05) is 11.7 Å². The van der Waals surface area contributed by atoms with Crippen molar-refractivity contribution >= 4 is 21.2 Å². The number of anilines is 2. The van der Waals surface area contributed by atoms with E-state index >= 15 is 0 Å². The molecule has 1 saturated heterocycles. The Morgan fingerprint density at radius 2 is 2.18 bits per heavy atom. The number of nitrogen functional groups attached to an aromatic ring is 1. The quantitative estimate of drug-likeness (QED) is 0.786. The van der Waals surface area contributed by atoms with E-state index in [2.05, 4.69) is 5.32 Å². The normalized spacial score (nSPS) is 23.2. The first-order valence-electron chi connectivity index (χ1n) is 5.48. The Bertz CT molecular complexity index is 516. The smallest absolute Gasteiger partial charge is 0.152 e. The fourth-order valence-corrected chi connectivity index (χ4v) is 3.64. The Labute approximate surface area is 99.9 Å². The van der Waals surface area contributed by atoms with Crippen molar-refractivity contribution in [1.82, 2.24) is 0 Å². The summed E-state index contributed by atoms with van der Waals surface area (Å²) in [4.78, 5) is 0. The zero-order valence-electron chi connectivity index (χ0n) is 9.32. The van der Waals surface area contributed by atoms with E-state index in [4.69, 9.17) is 5.73 Å². The topological polar surface area (TPSA) is 72.2 Å². The van der Waals surface area contributed by atoms with Crippen molar-refractivity contribution < 1.29 is 12.8 Å². The van der Waals surface area contributed by atoms with Crippen LogP contribution in [-0.2, 0) is 9.84 Å². The van der Waals surface area contributed by atoms with Gasteiger partial charge in [0.1, 0.15) is 5.82 Å². The summed E-state index contributed by atoms with van der Waals surface area (Å²) in [5.41, 5.74) is 6.10. The van der Waals surface area contributed by atoms with E-state index in [1.54, 1.807) is 6.07 Å². The first-order chi connectivity index (χ1) is 7.96. The number of halogens is 1. The molecule has 94 valence electrons. The molecule has 0 bridgehead atoms. The summed E-state index contributed by atoms with van der Waals surface area (Å²) in [6.07, 6.45) is 1.36. The fraction of sp³-hybridized carbons (Fsp3) is 0.455. The highest BCUT2D eigenvalue weighted by Gasteiger charge is 2.25. The van der Waals surface area contributed by atoms with E-state index in [0.717, 1.165) is 6.42 Å². The predicted molar refractivity (Wildman–Crippen MR) is 66.1 cm³/mol. The van der Waals surface area contributed by atoms with Crippen molar-refractivity contribution in [3.05, 3.63) is 24.0 Å². The maximum atomic E-state index is 13.5. The molecule has 1 heterocycles. The first-order valence-corrected chi connectivity index (χ1v) is 7.30. The lowest BCUT2D eigenvalue weighted by molar-refractivity contribution is 0.559. The van der Waals surface area contributed by atoms with Gasteiger partial charge in [-0.3, -0.25) is 0 Å². The molecule has 6 heteroatoms. The van der Waals surface area contributed by atoms with E-state index in [1.165, 1.54) is 12.1 Å². The average molecular weight is 258 g/mol. The minimum absolute atomic E-state index is 0.0663. The van der Waals surface area contributed by atoms with Crippen LogP contribution in [0.3, 0.4) is 0 Å². The molecule has 3 N–H and O–H groups in total. The average Bonchev–Trinajstić information content (AvgIpc) is 2.21. The van der Waals surface area contributed by atoms with Crippen LogP contribution in [0.2, 0.25) is 0 Å². The zero-order chi connectivity index (χ0) is 12.5. The summed E-state index contributed by atoms with van der Waals surface area (Å²) in [7, 11) is -2.98. The molecule has 0 amide bonds. The van der Waals surface area contributed by atoms with Crippen LogP contribution in [0.4, 0.5) is 15.8 Å². The molecule has 2 rings (SSSR count). The highest BCUT2D eigenvalue weighted by Crippen LogP contribution is 2.21. The molecule has 0 saturated carbocycles. The highest BCUT2D eigenvalue weighted by atomic mass is 32.2. The van der Waals surface area contributed by atoms with Crippen molar-refractivity contribution in [1.29, 1.82) is 0 Å². The van der Waals surface area contributed by atoms with Crippen LogP contribution >= 0.6 is 0 Å². The van der Waals surface area contributed by atoms with Crippen LogP contribution in [0.1, 0.15) is 12.8 Å². The predicted octanol–water partition coefficient (Wildman–Crippen LogP) is 1.40. The number of nitrogens with one attached hydrogen (secondary N) is 1. The van der Waals surface area contributed by atoms with E-state index in [9.17, 15) is 12.8 Å². The van der Waals surface area contributed by atoms with Gasteiger partial charge in [0.05, 0.1) is 17.2 Å². The minimum atomic E-state index is -2.98. The first kappa shape index (κ1) is 12.2. The number of nitrogens with two attached hydrogens (primary N) is 1. The molecule has 1 aliphatic heterocycles. The number of sulfone groups is 1. The Kier molecular flexibility index (Phi) is 3.24. The van der Waals surface area contributed by atoms with Crippen LogP contribution in [0, 0.1) is 5.82 Å². The Morgan fingerprint density at radius 3 is 2.82 bits per heavy atom. The van der Waals surface area contributed by atoms with Crippen LogP contribution in [-0.4, -0.2) is 26.0 Å². The standard InChI is InChI=1S/C11H15FN2O2S/c12-10-6-8(13)3-4-11(10)14-9-2-1-5-17(15,16)7-9/h3-4,6,9,14H,1-2,5,7,13H2. The molecule has 0 aliphatic carbocycles. The van der Waals surface area contributed by atoms with E-state index in [0.29, 0.717) is 17.8 Å². The largest absolute Gasteiger partial charge is 0.399 e. The SMILES string of the molecule is Nc1ccc(NC2CCCS(=O)(=O)C2)c(F)c1. The van der Waals surface area contributed by atoms with Gasteiger partial charge in [-0.05, 0) is 31.0 Å². The molecule has 1 unspecified atom stereocenters. The molecule has 0 spiro atoms. The van der Waals surface area contributed by atoms with Crippen LogP contribution in [0.25, 0.3) is 0 Å². The van der Waals surface area contributed by atoms with Crippen LogP contribution in [0.15, 0.2) is 18.2 Å². The van der Waals surface area contributed by atoms with E-state index < -0.39 is 15.7 Å². The van der Waals surface area contributed by atoms with Crippen LogP contribution < -0.4 is 11.1 Å². The Hall–Kier alpha value is -1.30. The third-order valence-electron chi connectivity index (χ3n) is 2.82. The van der Waals surface area contributed by atoms with Crippen LogP contribution in [0.5, 0.6) is 0 Å². The highest BCUT2D eigenvalue weighted by molar-refractivity contribution is 7.91. The third-order valence-corrected chi connectivity index (χ3v) is 4.64. The molecule has 4 nitrogen and oxygen atoms in total. The number of hydrogen-bond acceptors (Lipinski definition) is 4. The lowest BCUT2D eigenvalue weighted by Crippen LogP contribution is -2.35. The lowest BCUT2D eigenvalue weighted by atomic mass is 10.1. The summed E-state index contributed by atoms with van der Waals surface area (Å²) >= 11 is 0. The summed E-state index contributed by atoms with van der Waals surface area (Å²) in [5, 5.41) is 2.92. The number of hydrogen-bond donors (Lipinski definition) is 2. The Balaban J connectivity index is 2.10. The second-order valence-electron chi connectivity index (χ2n) is 4.34. The maximum absolute atomic E-state index is 13.5. The van der Waals surface area contributed by atoms with E-state index in [-0.39, 0.29) is 17.5 Å². The van der Waals surface area contributed by atoms with Gasteiger partial charge in [-0.25, -0.2) is 12.8 Å². The van der Waals surface area contributed by atoms with Crippen molar-refractivity contribution in [2.75, 3.05) is 22.6 Å². The van der Waals surface area contributed by atoms with Gasteiger partial charge < -0.3 is 11.1 Å². The number of rotatable bonds is 2. The summed E-state index contributed by atoms with van der Waals surface area (Å²) in [5.74, 6) is -0.153. The fourth-order valence-electron chi connectivity index (χ4n) is 2.01. The molecule has 0 radical (unpaired) electrons. The molecule has 1 aromatic carbocycles. The molecular formula is C11H15FN2O2S. The zero-order valence-corrected chi connectivity index (χ0v) is 10.1. The van der Waals surface area contributed by atoms with Gasteiger partial charge in [-0.1, -0.05) is 0 Å². The van der Waals surface area contributed by atoms with Gasteiger partial charge in [-0.15, -0.1) is 0 Å². The lowest BCUT2D eigenvalue weighted by Gasteiger charge is -2.24. The van der Waals surface area contributed by atoms with Crippen molar-refractivity contribution in [3.63, 3.8) is 0 Å². The van der Waals surface area contributed by atoms with Crippen molar-refractivity contribution in [3.8, 4) is 0 Å².